The van der Waals surface area contributed by atoms with E-state index in [0.29, 0.717) is 37.7 Å². The summed E-state index contributed by atoms with van der Waals surface area (Å²) in [5.74, 6) is 0.143. The summed E-state index contributed by atoms with van der Waals surface area (Å²) in [5.41, 5.74) is 1.16. The summed E-state index contributed by atoms with van der Waals surface area (Å²) < 4.78 is 32.8. The lowest BCUT2D eigenvalue weighted by molar-refractivity contribution is -0.132. The highest BCUT2D eigenvalue weighted by Gasteiger charge is 2.37. The van der Waals surface area contributed by atoms with Crippen LogP contribution in [0.1, 0.15) is 31.7 Å². The smallest absolute Gasteiger partial charge is 0.243 e. The van der Waals surface area contributed by atoms with Crippen LogP contribution in [0.3, 0.4) is 0 Å². The van der Waals surface area contributed by atoms with Crippen LogP contribution in [0.4, 0.5) is 0 Å². The summed E-state index contributed by atoms with van der Waals surface area (Å²) in [6.07, 6.45) is 3.52. The average molecular weight is 424 g/mol. The Labute approximate surface area is 174 Å². The molecule has 0 aromatic heterocycles. The van der Waals surface area contributed by atoms with E-state index in [1.165, 1.54) is 0 Å². The van der Waals surface area contributed by atoms with Gasteiger partial charge in [0.05, 0.1) is 17.5 Å². The van der Waals surface area contributed by atoms with Gasteiger partial charge in [0.2, 0.25) is 15.9 Å². The van der Waals surface area contributed by atoms with Gasteiger partial charge < -0.3 is 9.64 Å². The van der Waals surface area contributed by atoms with Crippen LogP contribution in [0, 0.1) is 0 Å². The fourth-order valence-corrected chi connectivity index (χ4v) is 5.69. The van der Waals surface area contributed by atoms with Crippen LogP contribution in [-0.4, -0.2) is 87.5 Å². The molecule has 7 nitrogen and oxygen atoms in total. The van der Waals surface area contributed by atoms with E-state index in [9.17, 15) is 13.2 Å². The molecule has 0 unspecified atom stereocenters. The molecule has 1 aromatic rings. The van der Waals surface area contributed by atoms with Gasteiger partial charge in [-0.15, -0.1) is 0 Å². The lowest BCUT2D eigenvalue weighted by Crippen LogP contribution is -2.44. The van der Waals surface area contributed by atoms with E-state index in [1.54, 1.807) is 23.5 Å². The Bertz CT molecular complexity index is 782. The van der Waals surface area contributed by atoms with Crippen LogP contribution in [0.15, 0.2) is 29.2 Å². The molecule has 2 saturated heterocycles. The summed E-state index contributed by atoms with van der Waals surface area (Å²) in [6, 6.07) is 7.12. The molecule has 162 valence electrons. The van der Waals surface area contributed by atoms with Crippen molar-refractivity contribution >= 4 is 15.9 Å². The molecule has 3 rings (SSSR count). The molecule has 0 spiro atoms. The van der Waals surface area contributed by atoms with Gasteiger partial charge in [-0.25, -0.2) is 8.42 Å². The van der Waals surface area contributed by atoms with Crippen molar-refractivity contribution in [1.82, 2.24) is 14.1 Å². The number of amides is 1. The van der Waals surface area contributed by atoms with Crippen molar-refractivity contribution in [2.75, 3.05) is 53.0 Å². The number of ether oxygens (including phenoxy) is 1. The fourth-order valence-electron chi connectivity index (χ4n) is 4.22. The number of rotatable bonds is 8. The topological polar surface area (TPSA) is 70.2 Å². The molecular weight excluding hydrogens is 390 g/mol. The third-order valence-corrected chi connectivity index (χ3v) is 7.78. The quantitative estimate of drug-likeness (QED) is 0.635. The van der Waals surface area contributed by atoms with Crippen molar-refractivity contribution in [2.24, 2.45) is 0 Å². The fraction of sp³-hybridized carbons (Fsp3) is 0.667. The first-order valence-corrected chi connectivity index (χ1v) is 12.0. The zero-order valence-electron chi connectivity index (χ0n) is 17.5. The van der Waals surface area contributed by atoms with Crippen LogP contribution < -0.4 is 0 Å². The minimum atomic E-state index is -3.51. The number of aryl methyl sites for hydroxylation is 1. The summed E-state index contributed by atoms with van der Waals surface area (Å²) in [5, 5.41) is 0. The van der Waals surface area contributed by atoms with E-state index in [4.69, 9.17) is 4.74 Å². The van der Waals surface area contributed by atoms with Crippen molar-refractivity contribution in [1.29, 1.82) is 0 Å². The molecule has 1 amide bonds. The molecular formula is C21H33N3O4S. The van der Waals surface area contributed by atoms with Gasteiger partial charge in [0.1, 0.15) is 0 Å². The average Bonchev–Trinajstić information content (AvgIpc) is 2.92. The van der Waals surface area contributed by atoms with E-state index < -0.39 is 10.0 Å². The molecule has 1 aromatic carbocycles. The highest BCUT2D eigenvalue weighted by molar-refractivity contribution is 7.89. The SMILES string of the molecule is CCCc1ccc(S(=O)(=O)N2CCCN([C@H]3CCN(CCOC)C3=O)CC2)cc1. The molecule has 2 heterocycles. The summed E-state index contributed by atoms with van der Waals surface area (Å²) in [6.45, 7) is 6.26. The number of carbonyl (C=O) groups excluding carboxylic acids is 1. The standard InChI is InChI=1S/C21H33N3O4S/c1-3-5-18-6-8-19(9-7-18)29(26,27)24-12-4-11-22(14-15-24)20-10-13-23(21(20)25)16-17-28-2/h6-9,20H,3-5,10-17H2,1-2H3/t20-/m0/s1. The van der Waals surface area contributed by atoms with Gasteiger partial charge in [-0.1, -0.05) is 25.5 Å². The van der Waals surface area contributed by atoms with E-state index in [0.717, 1.165) is 44.3 Å². The monoisotopic (exact) mass is 423 g/mol. The van der Waals surface area contributed by atoms with Gasteiger partial charge in [-0.2, -0.15) is 4.31 Å². The van der Waals surface area contributed by atoms with Crippen molar-refractivity contribution in [3.8, 4) is 0 Å². The number of hydrogen-bond donors (Lipinski definition) is 0. The minimum Gasteiger partial charge on any atom is -0.383 e. The molecule has 0 bridgehead atoms. The largest absolute Gasteiger partial charge is 0.383 e. The molecule has 2 fully saturated rings. The second-order valence-corrected chi connectivity index (χ2v) is 9.75. The summed E-state index contributed by atoms with van der Waals surface area (Å²) in [7, 11) is -1.87. The summed E-state index contributed by atoms with van der Waals surface area (Å²) in [4.78, 5) is 17.1. The highest BCUT2D eigenvalue weighted by Crippen LogP contribution is 2.22. The Balaban J connectivity index is 1.62. The van der Waals surface area contributed by atoms with E-state index in [1.807, 2.05) is 17.0 Å². The van der Waals surface area contributed by atoms with Crippen LogP contribution in [0.25, 0.3) is 0 Å². The molecule has 2 aliphatic heterocycles. The minimum absolute atomic E-state index is 0.136. The van der Waals surface area contributed by atoms with Gasteiger partial charge in [0.25, 0.3) is 0 Å². The van der Waals surface area contributed by atoms with E-state index in [-0.39, 0.29) is 11.9 Å². The van der Waals surface area contributed by atoms with Gasteiger partial charge in [-0.05, 0) is 37.0 Å². The number of likely N-dealkylation sites (tertiary alicyclic amines) is 1. The Morgan fingerprint density at radius 1 is 1.07 bits per heavy atom. The van der Waals surface area contributed by atoms with Crippen LogP contribution in [0.2, 0.25) is 0 Å². The van der Waals surface area contributed by atoms with Gasteiger partial charge in [0.15, 0.2) is 0 Å². The third kappa shape index (κ3) is 5.17. The van der Waals surface area contributed by atoms with Crippen molar-refractivity contribution in [3.63, 3.8) is 0 Å². The molecule has 1 atom stereocenters. The van der Waals surface area contributed by atoms with Crippen LogP contribution >= 0.6 is 0 Å². The Morgan fingerprint density at radius 2 is 1.83 bits per heavy atom. The zero-order valence-corrected chi connectivity index (χ0v) is 18.4. The van der Waals surface area contributed by atoms with E-state index >= 15 is 0 Å². The number of benzene rings is 1. The maximum Gasteiger partial charge on any atom is 0.243 e. The highest BCUT2D eigenvalue weighted by atomic mass is 32.2. The predicted octanol–water partition coefficient (Wildman–Crippen LogP) is 1.58. The van der Waals surface area contributed by atoms with Gasteiger partial charge in [-0.3, -0.25) is 9.69 Å². The Kier molecular flexibility index (Phi) is 7.67. The number of carbonyl (C=O) groups is 1. The first-order chi connectivity index (χ1) is 14.0. The van der Waals surface area contributed by atoms with Crippen LogP contribution in [0.5, 0.6) is 0 Å². The molecule has 0 saturated carbocycles. The van der Waals surface area contributed by atoms with Crippen molar-refractivity contribution < 1.29 is 17.9 Å². The number of nitrogens with zero attached hydrogens (tertiary/aromatic N) is 3. The van der Waals surface area contributed by atoms with Gasteiger partial charge >= 0.3 is 0 Å². The first kappa shape index (κ1) is 22.2. The Morgan fingerprint density at radius 3 is 2.52 bits per heavy atom. The Hall–Kier alpha value is -1.48. The molecule has 29 heavy (non-hydrogen) atoms. The number of hydrogen-bond acceptors (Lipinski definition) is 5. The molecule has 0 N–H and O–H groups in total. The number of methoxy groups -OCH3 is 1. The second kappa shape index (κ2) is 10.0. The van der Waals surface area contributed by atoms with Crippen molar-refractivity contribution in [3.05, 3.63) is 29.8 Å². The van der Waals surface area contributed by atoms with Crippen LogP contribution in [-0.2, 0) is 26.0 Å². The lowest BCUT2D eigenvalue weighted by atomic mass is 10.1. The predicted molar refractivity (Wildman–Crippen MR) is 112 cm³/mol. The second-order valence-electron chi connectivity index (χ2n) is 7.81. The molecule has 2 aliphatic rings. The lowest BCUT2D eigenvalue weighted by Gasteiger charge is -2.26. The molecule has 0 aliphatic carbocycles. The maximum atomic E-state index is 13.1. The normalized spacial score (nSPS) is 22.2. The maximum absolute atomic E-state index is 13.1. The van der Waals surface area contributed by atoms with Crippen molar-refractivity contribution in [2.45, 2.75) is 43.5 Å². The molecule has 0 radical (unpaired) electrons. The first-order valence-electron chi connectivity index (χ1n) is 10.6. The zero-order chi connectivity index (χ0) is 20.9. The van der Waals surface area contributed by atoms with Gasteiger partial charge in [0, 0.05) is 46.4 Å². The summed E-state index contributed by atoms with van der Waals surface area (Å²) >= 11 is 0. The number of sulfonamides is 1. The van der Waals surface area contributed by atoms with E-state index in [2.05, 4.69) is 11.8 Å². The molecule has 8 heteroatoms. The third-order valence-electron chi connectivity index (χ3n) is 5.86.